The molecule has 0 saturated carbocycles. The molecule has 0 spiro atoms. The van der Waals surface area contributed by atoms with Gasteiger partial charge in [-0.15, -0.1) is 11.3 Å². The standard InChI is InChI=1S/C10H8N2OS/c11-3-1-6-5-8(12)7-2-4-14-10(7)9(6)13/h2,4-5,13H,1,12H2. The maximum absolute atomic E-state index is 9.80. The molecule has 0 aliphatic carbocycles. The molecule has 0 aliphatic heterocycles. The molecule has 0 unspecified atom stereocenters. The van der Waals surface area contributed by atoms with E-state index in [2.05, 4.69) is 0 Å². The molecule has 3 N–H and O–H groups in total. The average molecular weight is 204 g/mol. The maximum Gasteiger partial charge on any atom is 0.137 e. The summed E-state index contributed by atoms with van der Waals surface area (Å²) in [5.41, 5.74) is 7.00. The van der Waals surface area contributed by atoms with Crippen LogP contribution in [0.5, 0.6) is 5.75 Å². The predicted molar refractivity (Wildman–Crippen MR) is 57.2 cm³/mol. The number of thiophene rings is 1. The second-order valence-corrected chi connectivity index (χ2v) is 3.89. The summed E-state index contributed by atoms with van der Waals surface area (Å²) in [7, 11) is 0. The van der Waals surface area contributed by atoms with E-state index in [0.717, 1.165) is 10.1 Å². The summed E-state index contributed by atoms with van der Waals surface area (Å²) >= 11 is 1.43. The quantitative estimate of drug-likeness (QED) is 0.553. The van der Waals surface area contributed by atoms with Crippen molar-refractivity contribution in [1.82, 2.24) is 0 Å². The number of hydrogen-bond donors (Lipinski definition) is 2. The molecule has 3 nitrogen and oxygen atoms in total. The Morgan fingerprint density at radius 3 is 3.07 bits per heavy atom. The van der Waals surface area contributed by atoms with Gasteiger partial charge < -0.3 is 10.8 Å². The first kappa shape index (κ1) is 8.85. The van der Waals surface area contributed by atoms with Crippen LogP contribution in [0.25, 0.3) is 10.1 Å². The molecular weight excluding hydrogens is 196 g/mol. The molecule has 4 heteroatoms. The monoisotopic (exact) mass is 204 g/mol. The number of anilines is 1. The van der Waals surface area contributed by atoms with Gasteiger partial charge >= 0.3 is 0 Å². The number of nitrogens with two attached hydrogens (primary N) is 1. The van der Waals surface area contributed by atoms with Crippen LogP contribution in [0, 0.1) is 11.3 Å². The van der Waals surface area contributed by atoms with Crippen molar-refractivity contribution in [1.29, 1.82) is 5.26 Å². The number of hydrogen-bond acceptors (Lipinski definition) is 4. The number of fused-ring (bicyclic) bond motifs is 1. The third-order valence-electron chi connectivity index (χ3n) is 2.09. The van der Waals surface area contributed by atoms with Crippen LogP contribution in [-0.2, 0) is 6.42 Å². The molecule has 1 aromatic carbocycles. The van der Waals surface area contributed by atoms with Crippen LogP contribution >= 0.6 is 11.3 Å². The lowest BCUT2D eigenvalue weighted by Gasteiger charge is -2.04. The lowest BCUT2D eigenvalue weighted by atomic mass is 10.1. The summed E-state index contributed by atoms with van der Waals surface area (Å²) in [5.74, 6) is 0.186. The lowest BCUT2D eigenvalue weighted by molar-refractivity contribution is 0.477. The fourth-order valence-corrected chi connectivity index (χ4v) is 2.32. The van der Waals surface area contributed by atoms with E-state index in [1.165, 1.54) is 11.3 Å². The van der Waals surface area contributed by atoms with Crippen molar-refractivity contribution in [3.8, 4) is 11.8 Å². The van der Waals surface area contributed by atoms with Crippen LogP contribution in [0.3, 0.4) is 0 Å². The summed E-state index contributed by atoms with van der Waals surface area (Å²) < 4.78 is 0.759. The topological polar surface area (TPSA) is 70.0 Å². The first-order valence-corrected chi connectivity index (χ1v) is 4.96. The first-order valence-electron chi connectivity index (χ1n) is 4.08. The zero-order chi connectivity index (χ0) is 10.1. The molecule has 0 radical (unpaired) electrons. The van der Waals surface area contributed by atoms with Crippen molar-refractivity contribution >= 4 is 27.1 Å². The molecule has 0 fully saturated rings. The zero-order valence-electron chi connectivity index (χ0n) is 7.32. The number of phenolic OH excluding ortho intramolecular Hbond substituents is 1. The van der Waals surface area contributed by atoms with Gasteiger partial charge in [0, 0.05) is 16.6 Å². The molecule has 0 aliphatic rings. The van der Waals surface area contributed by atoms with E-state index < -0.39 is 0 Å². The fraction of sp³-hybridized carbons (Fsp3) is 0.100. The maximum atomic E-state index is 9.80. The van der Waals surface area contributed by atoms with Gasteiger partial charge in [-0.3, -0.25) is 0 Å². The molecule has 14 heavy (non-hydrogen) atoms. The Balaban J connectivity index is 2.76. The van der Waals surface area contributed by atoms with Crippen molar-refractivity contribution in [3.05, 3.63) is 23.1 Å². The molecule has 0 amide bonds. The van der Waals surface area contributed by atoms with Crippen LogP contribution in [0.4, 0.5) is 5.69 Å². The fourth-order valence-electron chi connectivity index (χ4n) is 1.42. The summed E-state index contributed by atoms with van der Waals surface area (Å²) in [4.78, 5) is 0. The highest BCUT2D eigenvalue weighted by Gasteiger charge is 2.10. The van der Waals surface area contributed by atoms with Gasteiger partial charge in [-0.05, 0) is 17.5 Å². The molecular formula is C10H8N2OS. The van der Waals surface area contributed by atoms with Crippen LogP contribution in [0.1, 0.15) is 5.56 Å². The van der Waals surface area contributed by atoms with Crippen molar-refractivity contribution in [2.24, 2.45) is 0 Å². The van der Waals surface area contributed by atoms with Gasteiger partial charge in [-0.2, -0.15) is 5.26 Å². The van der Waals surface area contributed by atoms with Gasteiger partial charge in [-0.25, -0.2) is 0 Å². The summed E-state index contributed by atoms with van der Waals surface area (Å²) in [5, 5.41) is 21.1. The smallest absolute Gasteiger partial charge is 0.137 e. The van der Waals surface area contributed by atoms with E-state index in [9.17, 15) is 5.11 Å². The van der Waals surface area contributed by atoms with Gasteiger partial charge in [0.05, 0.1) is 17.2 Å². The molecule has 0 bridgehead atoms. The van der Waals surface area contributed by atoms with E-state index in [-0.39, 0.29) is 12.2 Å². The van der Waals surface area contributed by atoms with Crippen LogP contribution < -0.4 is 5.73 Å². The second-order valence-electron chi connectivity index (χ2n) is 2.97. The highest BCUT2D eigenvalue weighted by Crippen LogP contribution is 2.36. The summed E-state index contributed by atoms with van der Waals surface area (Å²) in [6.45, 7) is 0. The Bertz CT molecular complexity index is 525. The Kier molecular flexibility index (Phi) is 2.02. The number of phenols is 1. The summed E-state index contributed by atoms with van der Waals surface area (Å²) in [6, 6.07) is 5.52. The number of nitrogen functional groups attached to an aromatic ring is 1. The average Bonchev–Trinajstić information content (AvgIpc) is 2.63. The third kappa shape index (κ3) is 1.19. The molecule has 1 aromatic heterocycles. The number of nitriles is 1. The summed E-state index contributed by atoms with van der Waals surface area (Å²) in [6.07, 6.45) is 0.184. The van der Waals surface area contributed by atoms with Gasteiger partial charge in [0.15, 0.2) is 0 Å². The van der Waals surface area contributed by atoms with Crippen molar-refractivity contribution in [2.75, 3.05) is 5.73 Å². The number of aromatic hydroxyl groups is 1. The van der Waals surface area contributed by atoms with Gasteiger partial charge in [0.2, 0.25) is 0 Å². The Labute approximate surface area is 85.0 Å². The van der Waals surface area contributed by atoms with E-state index in [1.54, 1.807) is 6.07 Å². The first-order chi connectivity index (χ1) is 6.74. The van der Waals surface area contributed by atoms with E-state index in [0.29, 0.717) is 11.3 Å². The number of nitrogens with zero attached hydrogens (tertiary/aromatic N) is 1. The van der Waals surface area contributed by atoms with Gasteiger partial charge in [0.1, 0.15) is 5.75 Å². The van der Waals surface area contributed by atoms with Crippen molar-refractivity contribution in [3.63, 3.8) is 0 Å². The van der Waals surface area contributed by atoms with Crippen LogP contribution in [0.2, 0.25) is 0 Å². The van der Waals surface area contributed by atoms with Crippen molar-refractivity contribution < 1.29 is 5.11 Å². The highest BCUT2D eigenvalue weighted by molar-refractivity contribution is 7.17. The highest BCUT2D eigenvalue weighted by atomic mass is 32.1. The number of rotatable bonds is 1. The third-order valence-corrected chi connectivity index (χ3v) is 3.02. The SMILES string of the molecule is N#CCc1cc(N)c2ccsc2c1O. The van der Waals surface area contributed by atoms with E-state index in [4.69, 9.17) is 11.0 Å². The minimum Gasteiger partial charge on any atom is -0.506 e. The second kappa shape index (κ2) is 3.20. The van der Waals surface area contributed by atoms with Crippen molar-refractivity contribution in [2.45, 2.75) is 6.42 Å². The van der Waals surface area contributed by atoms with E-state index >= 15 is 0 Å². The van der Waals surface area contributed by atoms with Gasteiger partial charge in [-0.1, -0.05) is 0 Å². The molecule has 0 atom stereocenters. The number of benzene rings is 1. The molecule has 0 saturated heterocycles. The normalized spacial score (nSPS) is 10.2. The van der Waals surface area contributed by atoms with Gasteiger partial charge in [0.25, 0.3) is 0 Å². The zero-order valence-corrected chi connectivity index (χ0v) is 8.14. The Morgan fingerprint density at radius 1 is 1.57 bits per heavy atom. The molecule has 1 heterocycles. The molecule has 2 rings (SSSR count). The minimum absolute atomic E-state index is 0.184. The lowest BCUT2D eigenvalue weighted by Crippen LogP contribution is -1.90. The molecule has 70 valence electrons. The predicted octanol–water partition coefficient (Wildman–Crippen LogP) is 2.26. The largest absolute Gasteiger partial charge is 0.506 e. The van der Waals surface area contributed by atoms with Crippen LogP contribution in [0.15, 0.2) is 17.5 Å². The van der Waals surface area contributed by atoms with E-state index in [1.807, 2.05) is 17.5 Å². The Hall–Kier alpha value is -1.73. The molecule has 2 aromatic rings. The minimum atomic E-state index is 0.184. The van der Waals surface area contributed by atoms with Crippen LogP contribution in [-0.4, -0.2) is 5.11 Å². The Morgan fingerprint density at radius 2 is 2.36 bits per heavy atom.